The van der Waals surface area contributed by atoms with E-state index in [2.05, 4.69) is 0 Å². The molecule has 2 fully saturated rings. The van der Waals surface area contributed by atoms with Crippen LogP contribution in [0.3, 0.4) is 0 Å². The maximum Gasteiger partial charge on any atom is 0.308 e. The molecule has 1 saturated carbocycles. The second-order valence-corrected chi connectivity index (χ2v) is 11.1. The summed E-state index contributed by atoms with van der Waals surface area (Å²) in [5.41, 5.74) is -3.80. The third-order valence-corrected chi connectivity index (χ3v) is 7.11. The van der Waals surface area contributed by atoms with E-state index in [1.807, 2.05) is 0 Å². The van der Waals surface area contributed by atoms with E-state index in [-0.39, 0.29) is 5.75 Å². The predicted molar refractivity (Wildman–Crippen MR) is 163 cm³/mol. The highest BCUT2D eigenvalue weighted by molar-refractivity contribution is 6.38. The Balaban J connectivity index is 2.25. The lowest BCUT2D eigenvalue weighted by atomic mass is 9.71. The van der Waals surface area contributed by atoms with E-state index < -0.39 is 114 Å². The summed E-state index contributed by atoms with van der Waals surface area (Å²) in [5.74, 6) is -10.7. The number of esters is 6. The average Bonchev–Trinajstić information content (AvgIpc) is 2.99. The van der Waals surface area contributed by atoms with Crippen LogP contribution in [-0.2, 0) is 71.6 Å². The van der Waals surface area contributed by atoms with Crippen LogP contribution >= 0.6 is 0 Å². The number of ether oxygens (including phenoxy) is 7. The molecule has 1 aromatic rings. The van der Waals surface area contributed by atoms with Crippen molar-refractivity contribution in [1.29, 1.82) is 0 Å². The fourth-order valence-electron chi connectivity index (χ4n) is 5.37. The SMILES string of the molecule is CC(=O)OC[C@H]1O[C@@H]([C@@]2(OC(C)=O)C(=O)CC(=O)/C(=C(O)\C=C\c3ccc(OC(C)=O)cc3)C2=O)[C@H](OC(C)=O)[C@@H](OC(C)=O)[C@@H]1OC(C)=O. The number of aliphatic hydroxyl groups excluding tert-OH is 1. The summed E-state index contributed by atoms with van der Waals surface area (Å²) in [6, 6.07) is 5.80. The number of aliphatic hydroxyl groups is 1. The van der Waals surface area contributed by atoms with E-state index >= 15 is 0 Å². The smallest absolute Gasteiger partial charge is 0.308 e. The van der Waals surface area contributed by atoms with Gasteiger partial charge in [-0.2, -0.15) is 0 Å². The fraction of sp³-hybridized carbons (Fsp3) is 0.424. The van der Waals surface area contributed by atoms with E-state index in [4.69, 9.17) is 33.2 Å². The van der Waals surface area contributed by atoms with Gasteiger partial charge in [-0.15, -0.1) is 0 Å². The lowest BCUT2D eigenvalue weighted by molar-refractivity contribution is -0.276. The van der Waals surface area contributed by atoms with Crippen molar-refractivity contribution < 1.29 is 81.4 Å². The molecule has 1 aliphatic carbocycles. The molecule has 0 radical (unpaired) electrons. The predicted octanol–water partition coefficient (Wildman–Crippen LogP) is 0.976. The van der Waals surface area contributed by atoms with Crippen molar-refractivity contribution in [3.05, 3.63) is 47.2 Å². The third kappa shape index (κ3) is 9.04. The van der Waals surface area contributed by atoms with Crippen molar-refractivity contribution in [2.75, 3.05) is 6.61 Å². The minimum atomic E-state index is -3.18. The molecule has 17 nitrogen and oxygen atoms in total. The summed E-state index contributed by atoms with van der Waals surface area (Å²) in [6.07, 6.45) is -8.47. The van der Waals surface area contributed by atoms with Crippen LogP contribution in [0.2, 0.25) is 0 Å². The molecule has 0 aromatic heterocycles. The zero-order chi connectivity index (χ0) is 37.5. The van der Waals surface area contributed by atoms with E-state index in [9.17, 15) is 48.3 Å². The van der Waals surface area contributed by atoms with Crippen molar-refractivity contribution in [3.63, 3.8) is 0 Å². The zero-order valence-electron chi connectivity index (χ0n) is 27.7. The number of carbonyl (C=O) groups is 9. The van der Waals surface area contributed by atoms with Crippen molar-refractivity contribution in [2.24, 2.45) is 0 Å². The Bertz CT molecular complexity index is 1650. The summed E-state index contributed by atoms with van der Waals surface area (Å²) in [5, 5.41) is 11.0. The highest BCUT2D eigenvalue weighted by Gasteiger charge is 2.68. The number of hydrogen-bond acceptors (Lipinski definition) is 17. The molecule has 1 aliphatic heterocycles. The maximum atomic E-state index is 14.4. The summed E-state index contributed by atoms with van der Waals surface area (Å²) < 4.78 is 37.4. The molecule has 6 atom stereocenters. The van der Waals surface area contributed by atoms with Gasteiger partial charge in [-0.1, -0.05) is 18.2 Å². The minimum Gasteiger partial charge on any atom is -0.507 e. The van der Waals surface area contributed by atoms with E-state index in [0.29, 0.717) is 5.56 Å². The molecule has 17 heteroatoms. The Hall–Kier alpha value is -5.71. The van der Waals surface area contributed by atoms with Crippen molar-refractivity contribution in [3.8, 4) is 5.75 Å². The first-order valence-electron chi connectivity index (χ1n) is 14.9. The average molecular weight is 703 g/mol. The summed E-state index contributed by atoms with van der Waals surface area (Å²) in [6.45, 7) is 5.11. The first kappa shape index (κ1) is 38.7. The van der Waals surface area contributed by atoms with E-state index in [1.54, 1.807) is 0 Å². The number of rotatable bonds is 10. The summed E-state index contributed by atoms with van der Waals surface area (Å²) >= 11 is 0. The molecule has 50 heavy (non-hydrogen) atoms. The first-order chi connectivity index (χ1) is 23.4. The van der Waals surface area contributed by atoms with Crippen LogP contribution in [0.1, 0.15) is 53.5 Å². The van der Waals surface area contributed by atoms with Gasteiger partial charge >= 0.3 is 35.8 Å². The molecule has 1 aromatic carbocycles. The quantitative estimate of drug-likeness (QED) is 0.0680. The maximum absolute atomic E-state index is 14.4. The lowest BCUT2D eigenvalue weighted by Gasteiger charge is -2.49. The highest BCUT2D eigenvalue weighted by Crippen LogP contribution is 2.41. The normalized spacial score (nSPS) is 26.0. The van der Waals surface area contributed by atoms with Gasteiger partial charge in [0.1, 0.15) is 29.8 Å². The molecule has 2 aliphatic rings. The molecule has 0 bridgehead atoms. The van der Waals surface area contributed by atoms with Gasteiger partial charge in [0.05, 0.1) is 6.42 Å². The fourth-order valence-corrected chi connectivity index (χ4v) is 5.37. The standard InChI is InChI=1S/C33H34O17/c1-15(34)44-14-25-28(46-17(3)36)29(47-18(4)37)30(48-19(5)38)32(49-25)33(50-20(6)39)26(42)13-24(41)27(31(33)43)23(40)12-9-21-7-10-22(11-8-21)45-16(2)35/h7-12,25,28-30,32,40H,13-14H2,1-6H3/b12-9+,27-23-/t25-,28-,29+,30-,32-,33-/m1/s1. The monoisotopic (exact) mass is 702 g/mol. The molecule has 268 valence electrons. The molecule has 0 spiro atoms. The van der Waals surface area contributed by atoms with Gasteiger partial charge in [0.25, 0.3) is 5.60 Å². The Morgan fingerprint density at radius 3 is 1.86 bits per heavy atom. The van der Waals surface area contributed by atoms with Crippen molar-refractivity contribution in [2.45, 2.75) is 84.1 Å². The van der Waals surface area contributed by atoms with Crippen LogP contribution in [0, 0.1) is 0 Å². The Kier molecular flexibility index (Phi) is 12.5. The Labute approximate surface area is 284 Å². The second kappa shape index (κ2) is 16.1. The first-order valence-corrected chi connectivity index (χ1v) is 14.9. The van der Waals surface area contributed by atoms with Crippen LogP contribution < -0.4 is 4.74 Å². The van der Waals surface area contributed by atoms with Crippen molar-refractivity contribution >= 4 is 59.2 Å². The van der Waals surface area contributed by atoms with Gasteiger partial charge in [0.15, 0.2) is 36.0 Å². The highest BCUT2D eigenvalue weighted by atomic mass is 16.7. The van der Waals surface area contributed by atoms with Crippen LogP contribution in [0.15, 0.2) is 41.7 Å². The van der Waals surface area contributed by atoms with Gasteiger partial charge in [0, 0.05) is 41.5 Å². The van der Waals surface area contributed by atoms with E-state index in [1.165, 1.54) is 37.3 Å². The van der Waals surface area contributed by atoms with Crippen LogP contribution in [-0.4, -0.2) is 101 Å². The van der Waals surface area contributed by atoms with Crippen LogP contribution in [0.5, 0.6) is 5.75 Å². The van der Waals surface area contributed by atoms with Crippen LogP contribution in [0.4, 0.5) is 0 Å². The topological polar surface area (TPSA) is 238 Å². The van der Waals surface area contributed by atoms with Gasteiger partial charge in [-0.3, -0.25) is 43.2 Å². The second-order valence-electron chi connectivity index (χ2n) is 11.1. The number of ketones is 3. The molecule has 0 unspecified atom stereocenters. The molecular formula is C33H34O17. The number of Topliss-reactive ketones (excluding diaryl/α,β-unsaturated/α-hetero) is 3. The van der Waals surface area contributed by atoms with E-state index in [0.717, 1.165) is 40.7 Å². The molecular weight excluding hydrogens is 668 g/mol. The van der Waals surface area contributed by atoms with Crippen LogP contribution in [0.25, 0.3) is 6.08 Å². The Morgan fingerprint density at radius 1 is 0.780 bits per heavy atom. The Morgan fingerprint density at radius 2 is 1.34 bits per heavy atom. The lowest BCUT2D eigenvalue weighted by Crippen LogP contribution is -2.73. The van der Waals surface area contributed by atoms with Gasteiger partial charge in [0.2, 0.25) is 5.78 Å². The zero-order valence-corrected chi connectivity index (χ0v) is 27.7. The summed E-state index contributed by atoms with van der Waals surface area (Å²) in [4.78, 5) is 114. The van der Waals surface area contributed by atoms with Gasteiger partial charge in [-0.05, 0) is 23.8 Å². The molecule has 1 heterocycles. The molecule has 0 amide bonds. The molecule has 3 rings (SSSR count). The summed E-state index contributed by atoms with van der Waals surface area (Å²) in [7, 11) is 0. The molecule has 1 saturated heterocycles. The van der Waals surface area contributed by atoms with Gasteiger partial charge in [-0.25, -0.2) is 0 Å². The third-order valence-electron chi connectivity index (χ3n) is 7.11. The number of hydrogen-bond donors (Lipinski definition) is 1. The molecule has 1 N–H and O–H groups in total. The number of benzene rings is 1. The number of allylic oxidation sites excluding steroid dienone is 1. The minimum absolute atomic E-state index is 0.212. The van der Waals surface area contributed by atoms with Crippen molar-refractivity contribution in [1.82, 2.24) is 0 Å². The van der Waals surface area contributed by atoms with Gasteiger partial charge < -0.3 is 38.3 Å². The largest absolute Gasteiger partial charge is 0.507 e. The number of carbonyl (C=O) groups excluding carboxylic acids is 9.